The monoisotopic (exact) mass is 267 g/mol. The quantitative estimate of drug-likeness (QED) is 0.821. The molecule has 98 valence electrons. The van der Waals surface area contributed by atoms with Gasteiger partial charge < -0.3 is 10.4 Å². The van der Waals surface area contributed by atoms with Crippen molar-refractivity contribution >= 4 is 11.6 Å². The molecule has 1 amide bonds. The summed E-state index contributed by atoms with van der Waals surface area (Å²) < 4.78 is 39.2. The van der Waals surface area contributed by atoms with Crippen LogP contribution in [0.15, 0.2) is 36.4 Å². The number of nitrogens with one attached hydrogen (secondary N) is 1. The Morgan fingerprint density at radius 3 is 2.32 bits per heavy atom. The molecule has 2 aromatic carbocycles. The normalized spacial score (nSPS) is 10.3. The van der Waals surface area contributed by atoms with Crippen molar-refractivity contribution < 1.29 is 23.1 Å². The van der Waals surface area contributed by atoms with Crippen LogP contribution in [0.3, 0.4) is 0 Å². The van der Waals surface area contributed by atoms with Gasteiger partial charge in [-0.25, -0.2) is 13.2 Å². The molecule has 0 radical (unpaired) electrons. The minimum Gasteiger partial charge on any atom is -0.508 e. The van der Waals surface area contributed by atoms with E-state index in [1.54, 1.807) is 0 Å². The maximum Gasteiger partial charge on any atom is 0.255 e. The van der Waals surface area contributed by atoms with E-state index in [4.69, 9.17) is 5.11 Å². The average molecular weight is 267 g/mol. The Morgan fingerprint density at radius 1 is 1.05 bits per heavy atom. The zero-order chi connectivity index (χ0) is 14.0. The first-order chi connectivity index (χ1) is 8.97. The van der Waals surface area contributed by atoms with E-state index in [1.165, 1.54) is 24.3 Å². The van der Waals surface area contributed by atoms with Gasteiger partial charge in [0, 0.05) is 17.7 Å². The van der Waals surface area contributed by atoms with Gasteiger partial charge in [-0.15, -0.1) is 0 Å². The van der Waals surface area contributed by atoms with Crippen molar-refractivity contribution in [2.24, 2.45) is 0 Å². The van der Waals surface area contributed by atoms with Crippen molar-refractivity contribution in [1.82, 2.24) is 0 Å². The number of amides is 1. The highest BCUT2D eigenvalue weighted by molar-refractivity contribution is 6.04. The van der Waals surface area contributed by atoms with Crippen LogP contribution in [-0.2, 0) is 0 Å². The predicted molar refractivity (Wildman–Crippen MR) is 62.4 cm³/mol. The van der Waals surface area contributed by atoms with Crippen molar-refractivity contribution in [3.05, 3.63) is 59.4 Å². The molecule has 2 N–H and O–H groups in total. The summed E-state index contributed by atoms with van der Waals surface area (Å²) in [5, 5.41) is 11.1. The topological polar surface area (TPSA) is 49.3 Å². The lowest BCUT2D eigenvalue weighted by Gasteiger charge is -2.07. The van der Waals surface area contributed by atoms with E-state index in [2.05, 4.69) is 5.32 Å². The maximum absolute atomic E-state index is 13.3. The molecule has 2 aromatic rings. The van der Waals surface area contributed by atoms with Crippen LogP contribution in [0.4, 0.5) is 18.9 Å². The molecular formula is C13H8F3NO2. The van der Waals surface area contributed by atoms with E-state index in [1.807, 2.05) is 0 Å². The number of anilines is 1. The average Bonchev–Trinajstić information content (AvgIpc) is 2.36. The van der Waals surface area contributed by atoms with Gasteiger partial charge in [0.1, 0.15) is 11.6 Å². The highest BCUT2D eigenvalue weighted by Gasteiger charge is 2.14. The Labute approximate surface area is 106 Å². The zero-order valence-electron chi connectivity index (χ0n) is 9.45. The number of phenols is 1. The first-order valence-electron chi connectivity index (χ1n) is 5.22. The van der Waals surface area contributed by atoms with Crippen molar-refractivity contribution in [1.29, 1.82) is 0 Å². The molecule has 0 saturated heterocycles. The van der Waals surface area contributed by atoms with Gasteiger partial charge in [0.15, 0.2) is 11.6 Å². The Kier molecular flexibility index (Phi) is 3.41. The van der Waals surface area contributed by atoms with Crippen LogP contribution >= 0.6 is 0 Å². The lowest BCUT2D eigenvalue weighted by atomic mass is 10.2. The van der Waals surface area contributed by atoms with Crippen molar-refractivity contribution in [2.45, 2.75) is 0 Å². The smallest absolute Gasteiger partial charge is 0.255 e. The maximum atomic E-state index is 13.3. The van der Waals surface area contributed by atoms with Gasteiger partial charge in [-0.05, 0) is 24.3 Å². The number of carbonyl (C=O) groups excluding carboxylic acids is 1. The summed E-state index contributed by atoms with van der Waals surface area (Å²) in [4.78, 5) is 11.7. The summed E-state index contributed by atoms with van der Waals surface area (Å²) in [7, 11) is 0. The second kappa shape index (κ2) is 5.01. The van der Waals surface area contributed by atoms with E-state index >= 15 is 0 Å². The Bertz CT molecular complexity index is 627. The fraction of sp³-hybridized carbons (Fsp3) is 0. The fourth-order valence-electron chi connectivity index (χ4n) is 1.45. The molecule has 2 rings (SSSR count). The summed E-state index contributed by atoms with van der Waals surface area (Å²) in [6, 6.07) is 6.16. The van der Waals surface area contributed by atoms with Crippen LogP contribution in [0.5, 0.6) is 5.75 Å². The first-order valence-corrected chi connectivity index (χ1v) is 5.22. The minimum absolute atomic E-state index is 0.0421. The van der Waals surface area contributed by atoms with Gasteiger partial charge in [-0.2, -0.15) is 0 Å². The van der Waals surface area contributed by atoms with E-state index in [0.29, 0.717) is 12.1 Å². The van der Waals surface area contributed by atoms with Gasteiger partial charge >= 0.3 is 0 Å². The number of hydrogen-bond donors (Lipinski definition) is 2. The molecule has 0 spiro atoms. The lowest BCUT2D eigenvalue weighted by molar-refractivity contribution is 0.102. The Morgan fingerprint density at radius 2 is 1.68 bits per heavy atom. The van der Waals surface area contributed by atoms with Crippen molar-refractivity contribution in [3.8, 4) is 5.75 Å². The lowest BCUT2D eigenvalue weighted by Crippen LogP contribution is -2.13. The molecule has 0 atom stereocenters. The summed E-state index contributed by atoms with van der Waals surface area (Å²) in [6.45, 7) is 0. The van der Waals surface area contributed by atoms with Crippen LogP contribution in [0.2, 0.25) is 0 Å². The fourth-order valence-corrected chi connectivity index (χ4v) is 1.45. The van der Waals surface area contributed by atoms with Crippen LogP contribution in [0, 0.1) is 17.5 Å². The number of aromatic hydroxyl groups is 1. The Hall–Kier alpha value is -2.50. The summed E-state index contributed by atoms with van der Waals surface area (Å²) in [6.07, 6.45) is 0. The van der Waals surface area contributed by atoms with E-state index < -0.39 is 29.0 Å². The van der Waals surface area contributed by atoms with E-state index in [0.717, 1.165) is 0 Å². The third kappa shape index (κ3) is 2.85. The zero-order valence-corrected chi connectivity index (χ0v) is 9.45. The highest BCUT2D eigenvalue weighted by Crippen LogP contribution is 2.20. The first kappa shape index (κ1) is 12.9. The number of hydrogen-bond acceptors (Lipinski definition) is 2. The SMILES string of the molecule is O=C(Nc1cc(F)cc(F)c1F)c1ccc(O)cc1. The molecule has 19 heavy (non-hydrogen) atoms. The molecule has 0 heterocycles. The second-order valence-electron chi connectivity index (χ2n) is 3.75. The summed E-state index contributed by atoms with van der Waals surface area (Å²) >= 11 is 0. The Balaban J connectivity index is 2.26. The number of carbonyl (C=O) groups is 1. The third-order valence-electron chi connectivity index (χ3n) is 2.37. The van der Waals surface area contributed by atoms with Gasteiger partial charge in [0.05, 0.1) is 5.69 Å². The number of benzene rings is 2. The molecule has 3 nitrogen and oxygen atoms in total. The molecule has 0 aliphatic carbocycles. The molecular weight excluding hydrogens is 259 g/mol. The van der Waals surface area contributed by atoms with Crippen LogP contribution in [0.25, 0.3) is 0 Å². The summed E-state index contributed by atoms with van der Waals surface area (Å²) in [5.74, 6) is -4.52. The second-order valence-corrected chi connectivity index (χ2v) is 3.75. The number of phenolic OH excluding ortho intramolecular Hbond substituents is 1. The highest BCUT2D eigenvalue weighted by atomic mass is 19.2. The number of halogens is 3. The predicted octanol–water partition coefficient (Wildman–Crippen LogP) is 3.06. The van der Waals surface area contributed by atoms with Crippen LogP contribution in [-0.4, -0.2) is 11.0 Å². The van der Waals surface area contributed by atoms with Crippen LogP contribution < -0.4 is 5.32 Å². The van der Waals surface area contributed by atoms with Crippen LogP contribution in [0.1, 0.15) is 10.4 Å². The molecule has 0 aliphatic rings. The van der Waals surface area contributed by atoms with Gasteiger partial charge in [0.2, 0.25) is 0 Å². The minimum atomic E-state index is -1.39. The molecule has 0 unspecified atom stereocenters. The van der Waals surface area contributed by atoms with E-state index in [-0.39, 0.29) is 11.3 Å². The van der Waals surface area contributed by atoms with Gasteiger partial charge in [-0.1, -0.05) is 0 Å². The molecule has 0 bridgehead atoms. The number of rotatable bonds is 2. The molecule has 0 aromatic heterocycles. The summed E-state index contributed by atoms with van der Waals surface area (Å²) in [5.41, 5.74) is -0.475. The molecule has 6 heteroatoms. The molecule has 0 aliphatic heterocycles. The van der Waals surface area contributed by atoms with Gasteiger partial charge in [0.25, 0.3) is 5.91 Å². The van der Waals surface area contributed by atoms with Crippen molar-refractivity contribution in [3.63, 3.8) is 0 Å². The third-order valence-corrected chi connectivity index (χ3v) is 2.37. The van der Waals surface area contributed by atoms with E-state index in [9.17, 15) is 18.0 Å². The largest absolute Gasteiger partial charge is 0.508 e. The standard InChI is InChI=1S/C13H8F3NO2/c14-8-5-10(15)12(16)11(6-8)17-13(19)7-1-3-9(18)4-2-7/h1-6,18H,(H,17,19). The molecule has 0 fully saturated rings. The molecule has 0 saturated carbocycles. The van der Waals surface area contributed by atoms with Crippen molar-refractivity contribution in [2.75, 3.05) is 5.32 Å². The van der Waals surface area contributed by atoms with Gasteiger partial charge in [-0.3, -0.25) is 4.79 Å².